The number of nitrogens with one attached hydrogen (secondary N) is 1. The summed E-state index contributed by atoms with van der Waals surface area (Å²) in [5.41, 5.74) is 3.23. The fraction of sp³-hybridized carbons (Fsp3) is 0.167. The van der Waals surface area contributed by atoms with Crippen LogP contribution in [-0.4, -0.2) is 25.5 Å². The topological polar surface area (TPSA) is 58.6 Å². The first-order valence-corrected chi connectivity index (χ1v) is 9.48. The van der Waals surface area contributed by atoms with Crippen LogP contribution in [0.4, 0.5) is 11.4 Å². The summed E-state index contributed by atoms with van der Waals surface area (Å²) < 4.78 is 4.72. The summed E-state index contributed by atoms with van der Waals surface area (Å²) in [6, 6.07) is 27.0. The third kappa shape index (κ3) is 5.94. The van der Waals surface area contributed by atoms with E-state index >= 15 is 0 Å². The molecule has 148 valence electrons. The minimum absolute atomic E-state index is 0.110. The minimum Gasteiger partial charge on any atom is -0.465 e. The SMILES string of the molecule is COC(=O)c1cccc(NC(=O)CCN(Cc2ccccc2)c2ccccc2)c1. The van der Waals surface area contributed by atoms with Crippen LogP contribution in [0.2, 0.25) is 0 Å². The van der Waals surface area contributed by atoms with Crippen LogP contribution in [0.15, 0.2) is 84.9 Å². The Balaban J connectivity index is 1.64. The van der Waals surface area contributed by atoms with Crippen molar-refractivity contribution in [3.8, 4) is 0 Å². The lowest BCUT2D eigenvalue weighted by atomic mass is 10.1. The summed E-state index contributed by atoms with van der Waals surface area (Å²) in [7, 11) is 1.33. The molecule has 0 saturated carbocycles. The molecule has 0 radical (unpaired) electrons. The van der Waals surface area contributed by atoms with E-state index in [0.717, 1.165) is 12.2 Å². The molecule has 0 spiro atoms. The molecule has 0 aliphatic carbocycles. The zero-order chi connectivity index (χ0) is 20.5. The second-order valence-corrected chi connectivity index (χ2v) is 6.61. The van der Waals surface area contributed by atoms with E-state index in [-0.39, 0.29) is 5.91 Å². The Hall–Kier alpha value is -3.60. The van der Waals surface area contributed by atoms with Gasteiger partial charge in [0, 0.05) is 30.9 Å². The molecule has 5 heteroatoms. The van der Waals surface area contributed by atoms with Gasteiger partial charge in [0.25, 0.3) is 0 Å². The fourth-order valence-corrected chi connectivity index (χ4v) is 3.04. The average molecular weight is 388 g/mol. The Labute approximate surface area is 170 Å². The summed E-state index contributed by atoms with van der Waals surface area (Å²) in [5, 5.41) is 2.86. The highest BCUT2D eigenvalue weighted by molar-refractivity contribution is 5.94. The van der Waals surface area contributed by atoms with Crippen molar-refractivity contribution in [3.05, 3.63) is 96.1 Å². The van der Waals surface area contributed by atoms with E-state index < -0.39 is 5.97 Å². The number of hydrogen-bond donors (Lipinski definition) is 1. The molecule has 0 aliphatic heterocycles. The van der Waals surface area contributed by atoms with Crippen LogP contribution in [0.1, 0.15) is 22.3 Å². The van der Waals surface area contributed by atoms with Crippen LogP contribution in [-0.2, 0) is 16.1 Å². The number of ether oxygens (including phenoxy) is 1. The molecule has 0 aliphatic rings. The molecule has 3 aromatic carbocycles. The highest BCUT2D eigenvalue weighted by Crippen LogP contribution is 2.18. The Morgan fingerprint density at radius 2 is 1.59 bits per heavy atom. The predicted molar refractivity (Wildman–Crippen MR) is 115 cm³/mol. The number of hydrogen-bond acceptors (Lipinski definition) is 4. The van der Waals surface area contributed by atoms with Gasteiger partial charge in [-0.15, -0.1) is 0 Å². The van der Waals surface area contributed by atoms with Crippen LogP contribution in [0.25, 0.3) is 0 Å². The number of para-hydroxylation sites is 1. The van der Waals surface area contributed by atoms with E-state index in [2.05, 4.69) is 22.3 Å². The maximum Gasteiger partial charge on any atom is 0.337 e. The summed E-state index contributed by atoms with van der Waals surface area (Å²) in [4.78, 5) is 26.3. The molecule has 0 aromatic heterocycles. The Kier molecular flexibility index (Phi) is 7.00. The van der Waals surface area contributed by atoms with E-state index in [9.17, 15) is 9.59 Å². The summed E-state index contributed by atoms with van der Waals surface area (Å²) in [6.45, 7) is 1.29. The van der Waals surface area contributed by atoms with Crippen molar-refractivity contribution in [1.29, 1.82) is 0 Å². The van der Waals surface area contributed by atoms with Gasteiger partial charge in [0.1, 0.15) is 0 Å². The smallest absolute Gasteiger partial charge is 0.337 e. The van der Waals surface area contributed by atoms with E-state index in [1.165, 1.54) is 12.7 Å². The Morgan fingerprint density at radius 3 is 2.28 bits per heavy atom. The van der Waals surface area contributed by atoms with Crippen molar-refractivity contribution < 1.29 is 14.3 Å². The molecule has 0 fully saturated rings. The number of nitrogens with zero attached hydrogens (tertiary/aromatic N) is 1. The average Bonchev–Trinajstić information content (AvgIpc) is 2.77. The third-order valence-electron chi connectivity index (χ3n) is 4.51. The molecule has 1 N–H and O–H groups in total. The van der Waals surface area contributed by atoms with E-state index in [1.807, 2.05) is 48.5 Å². The molecule has 0 heterocycles. The first-order valence-electron chi connectivity index (χ1n) is 9.48. The standard InChI is InChI=1S/C24H24N2O3/c1-29-24(28)20-11-8-12-21(17-20)25-23(27)15-16-26(22-13-6-3-7-14-22)18-19-9-4-2-5-10-19/h2-14,17H,15-16,18H2,1H3,(H,25,27). The third-order valence-corrected chi connectivity index (χ3v) is 4.51. The van der Waals surface area contributed by atoms with Gasteiger partial charge in [0.15, 0.2) is 0 Å². The number of carbonyl (C=O) groups excluding carboxylic acids is 2. The first-order chi connectivity index (χ1) is 14.2. The molecule has 5 nitrogen and oxygen atoms in total. The number of esters is 1. The maximum absolute atomic E-state index is 12.5. The molecule has 3 aromatic rings. The lowest BCUT2D eigenvalue weighted by molar-refractivity contribution is -0.116. The lowest BCUT2D eigenvalue weighted by Crippen LogP contribution is -2.27. The van der Waals surface area contributed by atoms with Crippen molar-refractivity contribution in [3.63, 3.8) is 0 Å². The number of amides is 1. The number of benzene rings is 3. The summed E-state index contributed by atoms with van der Waals surface area (Å²) in [5.74, 6) is -0.541. The van der Waals surface area contributed by atoms with Gasteiger partial charge < -0.3 is 15.0 Å². The van der Waals surface area contributed by atoms with E-state index in [0.29, 0.717) is 24.2 Å². The fourth-order valence-electron chi connectivity index (χ4n) is 3.04. The van der Waals surface area contributed by atoms with Crippen molar-refractivity contribution in [1.82, 2.24) is 0 Å². The first kappa shape index (κ1) is 20.1. The molecule has 0 atom stereocenters. The van der Waals surface area contributed by atoms with Gasteiger partial charge in [-0.1, -0.05) is 54.6 Å². The van der Waals surface area contributed by atoms with Gasteiger partial charge in [-0.05, 0) is 35.9 Å². The summed E-state index contributed by atoms with van der Waals surface area (Å²) >= 11 is 0. The Morgan fingerprint density at radius 1 is 0.897 bits per heavy atom. The van der Waals surface area contributed by atoms with Crippen molar-refractivity contribution >= 4 is 23.3 Å². The van der Waals surface area contributed by atoms with Crippen molar-refractivity contribution in [2.24, 2.45) is 0 Å². The molecular weight excluding hydrogens is 364 g/mol. The molecule has 0 unspecified atom stereocenters. The molecule has 29 heavy (non-hydrogen) atoms. The second-order valence-electron chi connectivity index (χ2n) is 6.61. The summed E-state index contributed by atoms with van der Waals surface area (Å²) in [6.07, 6.45) is 0.324. The zero-order valence-corrected chi connectivity index (χ0v) is 16.4. The van der Waals surface area contributed by atoms with Gasteiger partial charge in [-0.25, -0.2) is 4.79 Å². The second kappa shape index (κ2) is 10.1. The highest BCUT2D eigenvalue weighted by atomic mass is 16.5. The van der Waals surface area contributed by atoms with Crippen LogP contribution in [0, 0.1) is 0 Å². The lowest BCUT2D eigenvalue weighted by Gasteiger charge is -2.25. The van der Waals surface area contributed by atoms with E-state index in [4.69, 9.17) is 4.74 Å². The normalized spacial score (nSPS) is 10.2. The molecule has 1 amide bonds. The van der Waals surface area contributed by atoms with Crippen LogP contribution in [0.5, 0.6) is 0 Å². The predicted octanol–water partition coefficient (Wildman–Crippen LogP) is 4.51. The van der Waals surface area contributed by atoms with Gasteiger partial charge in [0.05, 0.1) is 12.7 Å². The highest BCUT2D eigenvalue weighted by Gasteiger charge is 2.12. The largest absolute Gasteiger partial charge is 0.465 e. The monoisotopic (exact) mass is 388 g/mol. The van der Waals surface area contributed by atoms with Gasteiger partial charge in [0.2, 0.25) is 5.91 Å². The van der Waals surface area contributed by atoms with Crippen LogP contribution in [0.3, 0.4) is 0 Å². The van der Waals surface area contributed by atoms with Crippen LogP contribution >= 0.6 is 0 Å². The number of methoxy groups -OCH3 is 1. The molecule has 0 bridgehead atoms. The maximum atomic E-state index is 12.5. The minimum atomic E-state index is -0.431. The number of rotatable bonds is 8. The number of carbonyl (C=O) groups is 2. The quantitative estimate of drug-likeness (QED) is 0.577. The Bertz CT molecular complexity index is 943. The molecule has 0 saturated heterocycles. The molecular formula is C24H24N2O3. The molecule has 3 rings (SSSR count). The van der Waals surface area contributed by atoms with Crippen molar-refractivity contribution in [2.75, 3.05) is 23.9 Å². The van der Waals surface area contributed by atoms with Crippen LogP contribution < -0.4 is 10.2 Å². The van der Waals surface area contributed by atoms with E-state index in [1.54, 1.807) is 24.3 Å². The number of anilines is 2. The van der Waals surface area contributed by atoms with Gasteiger partial charge in [-0.3, -0.25) is 4.79 Å². The zero-order valence-electron chi connectivity index (χ0n) is 16.4. The van der Waals surface area contributed by atoms with Crippen molar-refractivity contribution in [2.45, 2.75) is 13.0 Å². The van der Waals surface area contributed by atoms with Gasteiger partial charge in [-0.2, -0.15) is 0 Å². The van der Waals surface area contributed by atoms with Gasteiger partial charge >= 0.3 is 5.97 Å².